The van der Waals surface area contributed by atoms with E-state index in [1.54, 1.807) is 6.20 Å². The lowest BCUT2D eigenvalue weighted by molar-refractivity contribution is 0.392. The lowest BCUT2D eigenvalue weighted by Gasteiger charge is -2.24. The standard InChI is InChI=1S/C14H19N3S/c1-9-4-5-15-13(6-9)17-14(18)16-12-8-10-2-3-11(12)7-10/h4-6,10-12H,2-3,7-8H2,1H3,(H2,15,16,17,18). The van der Waals surface area contributed by atoms with Crippen molar-refractivity contribution < 1.29 is 0 Å². The van der Waals surface area contributed by atoms with E-state index in [0.29, 0.717) is 11.2 Å². The van der Waals surface area contributed by atoms with Crippen LogP contribution in [0.15, 0.2) is 18.3 Å². The first kappa shape index (κ1) is 11.9. The molecule has 1 aromatic rings. The monoisotopic (exact) mass is 261 g/mol. The van der Waals surface area contributed by atoms with Gasteiger partial charge < -0.3 is 10.6 Å². The molecule has 4 heteroatoms. The Kier molecular flexibility index (Phi) is 3.20. The van der Waals surface area contributed by atoms with Crippen molar-refractivity contribution in [3.63, 3.8) is 0 Å². The summed E-state index contributed by atoms with van der Waals surface area (Å²) in [7, 11) is 0. The number of hydrogen-bond acceptors (Lipinski definition) is 2. The summed E-state index contributed by atoms with van der Waals surface area (Å²) in [5, 5.41) is 7.35. The lowest BCUT2D eigenvalue weighted by Crippen LogP contribution is -2.40. The number of hydrogen-bond donors (Lipinski definition) is 2. The Balaban J connectivity index is 1.56. The van der Waals surface area contributed by atoms with Gasteiger partial charge in [0.1, 0.15) is 5.82 Å². The van der Waals surface area contributed by atoms with Gasteiger partial charge >= 0.3 is 0 Å². The molecule has 2 aliphatic rings. The van der Waals surface area contributed by atoms with E-state index in [1.165, 1.54) is 31.2 Å². The van der Waals surface area contributed by atoms with Crippen LogP contribution in [-0.4, -0.2) is 16.1 Å². The topological polar surface area (TPSA) is 37.0 Å². The highest BCUT2D eigenvalue weighted by Crippen LogP contribution is 2.44. The normalized spacial score (nSPS) is 29.3. The minimum atomic E-state index is 0.577. The number of nitrogens with zero attached hydrogens (tertiary/aromatic N) is 1. The van der Waals surface area contributed by atoms with Gasteiger partial charge in [0.2, 0.25) is 0 Å². The van der Waals surface area contributed by atoms with Crippen molar-refractivity contribution in [3.8, 4) is 0 Å². The molecule has 2 saturated carbocycles. The molecule has 0 aliphatic heterocycles. The van der Waals surface area contributed by atoms with Crippen LogP contribution in [0.5, 0.6) is 0 Å². The minimum Gasteiger partial charge on any atom is -0.359 e. The molecule has 3 atom stereocenters. The zero-order valence-electron chi connectivity index (χ0n) is 10.6. The van der Waals surface area contributed by atoms with Crippen LogP contribution in [0, 0.1) is 18.8 Å². The third-order valence-electron chi connectivity index (χ3n) is 4.21. The number of nitrogens with one attached hydrogen (secondary N) is 2. The van der Waals surface area contributed by atoms with E-state index in [0.717, 1.165) is 17.7 Å². The average Bonchev–Trinajstić information content (AvgIpc) is 2.90. The van der Waals surface area contributed by atoms with Gasteiger partial charge in [-0.1, -0.05) is 6.42 Å². The van der Waals surface area contributed by atoms with Crippen LogP contribution in [0.3, 0.4) is 0 Å². The molecule has 3 unspecified atom stereocenters. The maximum Gasteiger partial charge on any atom is 0.172 e. The van der Waals surface area contributed by atoms with E-state index >= 15 is 0 Å². The van der Waals surface area contributed by atoms with Gasteiger partial charge in [0.15, 0.2) is 5.11 Å². The fraction of sp³-hybridized carbons (Fsp3) is 0.571. The highest BCUT2D eigenvalue weighted by Gasteiger charge is 2.39. The highest BCUT2D eigenvalue weighted by atomic mass is 32.1. The molecule has 2 aliphatic carbocycles. The lowest BCUT2D eigenvalue weighted by atomic mass is 9.96. The van der Waals surface area contributed by atoms with E-state index in [-0.39, 0.29) is 0 Å². The zero-order valence-corrected chi connectivity index (χ0v) is 11.5. The maximum absolute atomic E-state index is 5.37. The summed E-state index contributed by atoms with van der Waals surface area (Å²) in [4.78, 5) is 4.26. The van der Waals surface area contributed by atoms with E-state index in [1.807, 2.05) is 12.1 Å². The van der Waals surface area contributed by atoms with Crippen molar-refractivity contribution in [2.24, 2.45) is 11.8 Å². The average molecular weight is 261 g/mol. The van der Waals surface area contributed by atoms with Gasteiger partial charge in [0.25, 0.3) is 0 Å². The van der Waals surface area contributed by atoms with Crippen LogP contribution in [0.1, 0.15) is 31.2 Å². The van der Waals surface area contributed by atoms with Gasteiger partial charge in [-0.15, -0.1) is 0 Å². The molecule has 0 spiro atoms. The first-order chi connectivity index (χ1) is 8.70. The van der Waals surface area contributed by atoms with Crippen LogP contribution in [0.25, 0.3) is 0 Å². The van der Waals surface area contributed by atoms with E-state index < -0.39 is 0 Å². The van der Waals surface area contributed by atoms with Gasteiger partial charge in [-0.2, -0.15) is 0 Å². The quantitative estimate of drug-likeness (QED) is 0.803. The second-order valence-electron chi connectivity index (χ2n) is 5.60. The summed E-state index contributed by atoms with van der Waals surface area (Å²) in [6, 6.07) is 4.57. The third-order valence-corrected chi connectivity index (χ3v) is 4.43. The number of aromatic nitrogens is 1. The Morgan fingerprint density at radius 1 is 1.39 bits per heavy atom. The van der Waals surface area contributed by atoms with Crippen molar-refractivity contribution in [1.29, 1.82) is 0 Å². The van der Waals surface area contributed by atoms with Crippen molar-refractivity contribution in [2.75, 3.05) is 5.32 Å². The maximum atomic E-state index is 5.37. The predicted octanol–water partition coefficient (Wildman–Crippen LogP) is 2.87. The summed E-state index contributed by atoms with van der Waals surface area (Å²) in [5.74, 6) is 2.60. The largest absolute Gasteiger partial charge is 0.359 e. The smallest absolute Gasteiger partial charge is 0.172 e. The molecule has 2 fully saturated rings. The Labute approximate surface area is 113 Å². The molecule has 0 aromatic carbocycles. The third kappa shape index (κ3) is 2.48. The number of pyridine rings is 1. The molecule has 96 valence electrons. The SMILES string of the molecule is Cc1ccnc(NC(=S)NC2CC3CCC2C3)c1. The van der Waals surface area contributed by atoms with Crippen molar-refractivity contribution in [2.45, 2.75) is 38.6 Å². The summed E-state index contributed by atoms with van der Waals surface area (Å²) in [6.07, 6.45) is 7.27. The van der Waals surface area contributed by atoms with Crippen LogP contribution < -0.4 is 10.6 Å². The first-order valence-corrected chi connectivity index (χ1v) is 7.12. The van der Waals surface area contributed by atoms with E-state index in [4.69, 9.17) is 12.2 Å². The van der Waals surface area contributed by atoms with Crippen LogP contribution >= 0.6 is 12.2 Å². The summed E-state index contributed by atoms with van der Waals surface area (Å²) >= 11 is 5.37. The summed E-state index contributed by atoms with van der Waals surface area (Å²) in [5.41, 5.74) is 1.19. The first-order valence-electron chi connectivity index (χ1n) is 6.71. The zero-order chi connectivity index (χ0) is 12.5. The number of anilines is 1. The van der Waals surface area contributed by atoms with E-state index in [9.17, 15) is 0 Å². The molecule has 1 aromatic heterocycles. The van der Waals surface area contributed by atoms with Gasteiger partial charge in [-0.05, 0) is 67.9 Å². The predicted molar refractivity (Wildman–Crippen MR) is 77.6 cm³/mol. The van der Waals surface area contributed by atoms with Crippen molar-refractivity contribution in [1.82, 2.24) is 10.3 Å². The van der Waals surface area contributed by atoms with Crippen LogP contribution in [0.4, 0.5) is 5.82 Å². The van der Waals surface area contributed by atoms with Gasteiger partial charge in [0.05, 0.1) is 0 Å². The Morgan fingerprint density at radius 3 is 2.94 bits per heavy atom. The molecule has 1 heterocycles. The molecule has 3 nitrogen and oxygen atoms in total. The Morgan fingerprint density at radius 2 is 2.28 bits per heavy atom. The molecular weight excluding hydrogens is 242 g/mol. The van der Waals surface area contributed by atoms with Gasteiger partial charge in [0, 0.05) is 12.2 Å². The summed E-state index contributed by atoms with van der Waals surface area (Å²) < 4.78 is 0. The molecule has 3 rings (SSSR count). The van der Waals surface area contributed by atoms with Crippen molar-refractivity contribution >= 4 is 23.1 Å². The van der Waals surface area contributed by atoms with Gasteiger partial charge in [-0.25, -0.2) is 4.98 Å². The van der Waals surface area contributed by atoms with Crippen LogP contribution in [-0.2, 0) is 0 Å². The molecule has 18 heavy (non-hydrogen) atoms. The number of fused-ring (bicyclic) bond motifs is 2. The molecule has 0 radical (unpaired) electrons. The second-order valence-corrected chi connectivity index (χ2v) is 6.01. The number of rotatable bonds is 2. The van der Waals surface area contributed by atoms with E-state index in [2.05, 4.69) is 22.5 Å². The molecule has 2 N–H and O–H groups in total. The fourth-order valence-electron chi connectivity index (χ4n) is 3.35. The summed E-state index contributed by atoms with van der Waals surface area (Å²) in [6.45, 7) is 2.05. The molecular formula is C14H19N3S. The molecule has 2 bridgehead atoms. The molecule has 0 amide bonds. The Bertz CT molecular complexity index is 460. The molecule has 0 saturated heterocycles. The van der Waals surface area contributed by atoms with Crippen LogP contribution in [0.2, 0.25) is 0 Å². The fourth-order valence-corrected chi connectivity index (χ4v) is 3.60. The number of thiocarbonyl (C=S) groups is 1. The highest BCUT2D eigenvalue weighted by molar-refractivity contribution is 7.80. The minimum absolute atomic E-state index is 0.577. The second kappa shape index (κ2) is 4.84. The van der Waals surface area contributed by atoms with Crippen molar-refractivity contribution in [3.05, 3.63) is 23.9 Å². The number of aryl methyl sites for hydroxylation is 1. The van der Waals surface area contributed by atoms with Gasteiger partial charge in [-0.3, -0.25) is 0 Å². The Hall–Kier alpha value is -1.16.